The number of nitrogens with one attached hydrogen (secondary N) is 1. The Morgan fingerprint density at radius 3 is 1.85 bits per heavy atom. The Bertz CT molecular complexity index is 879. The van der Waals surface area contributed by atoms with E-state index in [1.807, 2.05) is 0 Å². The molecular formula is C29H42NOPS. The molecule has 0 bridgehead atoms. The maximum Gasteiger partial charge on any atom is 0.0979 e. The molecule has 2 aliphatic rings. The minimum Gasteiger partial charge on any atom is -0.242 e. The van der Waals surface area contributed by atoms with Crippen molar-refractivity contribution in [3.63, 3.8) is 0 Å². The molecule has 0 spiro atoms. The van der Waals surface area contributed by atoms with E-state index in [4.69, 9.17) is 0 Å². The van der Waals surface area contributed by atoms with Gasteiger partial charge in [-0.1, -0.05) is 101 Å². The zero-order valence-corrected chi connectivity index (χ0v) is 22.5. The number of hydrogen-bond acceptors (Lipinski definition) is 1. The van der Waals surface area contributed by atoms with Gasteiger partial charge in [0.2, 0.25) is 0 Å². The van der Waals surface area contributed by atoms with Gasteiger partial charge in [0.1, 0.15) is 0 Å². The molecule has 4 heteroatoms. The SMILES string of the molecule is CC(C)(C)[S@@](=O)N[C@H](c1ccccc1)c1ccccc1P(C1CCCCC1)C1CCCCC1. The van der Waals surface area contributed by atoms with Crippen LogP contribution in [-0.2, 0) is 11.0 Å². The fourth-order valence-corrected chi connectivity index (χ4v) is 10.4. The fourth-order valence-electron chi connectivity index (χ4n) is 5.62. The van der Waals surface area contributed by atoms with Gasteiger partial charge in [-0.05, 0) is 74.2 Å². The lowest BCUT2D eigenvalue weighted by atomic mass is 9.99. The van der Waals surface area contributed by atoms with Crippen LogP contribution < -0.4 is 10.0 Å². The molecule has 0 aliphatic heterocycles. The Balaban J connectivity index is 1.77. The molecule has 0 heterocycles. The van der Waals surface area contributed by atoms with Gasteiger partial charge in [0.15, 0.2) is 0 Å². The highest BCUT2D eigenvalue weighted by molar-refractivity contribution is 7.84. The van der Waals surface area contributed by atoms with Crippen LogP contribution in [0.15, 0.2) is 54.6 Å². The summed E-state index contributed by atoms with van der Waals surface area (Å²) in [5.74, 6) is 0. The molecule has 2 fully saturated rings. The summed E-state index contributed by atoms with van der Waals surface area (Å²) >= 11 is 0. The summed E-state index contributed by atoms with van der Waals surface area (Å²) in [6.07, 6.45) is 14.0. The van der Waals surface area contributed by atoms with Crippen LogP contribution in [0.3, 0.4) is 0 Å². The molecule has 0 saturated heterocycles. The topological polar surface area (TPSA) is 29.1 Å². The van der Waals surface area contributed by atoms with Crippen LogP contribution in [0.5, 0.6) is 0 Å². The lowest BCUT2D eigenvalue weighted by Gasteiger charge is -2.40. The minimum atomic E-state index is -1.14. The third kappa shape index (κ3) is 6.36. The Kier molecular flexibility index (Phi) is 8.82. The minimum absolute atomic E-state index is 0.0420. The lowest BCUT2D eigenvalue weighted by molar-refractivity contribution is 0.487. The molecule has 1 N–H and O–H groups in total. The second kappa shape index (κ2) is 11.6. The predicted molar refractivity (Wildman–Crippen MR) is 146 cm³/mol. The molecule has 2 saturated carbocycles. The summed E-state index contributed by atoms with van der Waals surface area (Å²) in [6, 6.07) is 19.8. The summed E-state index contributed by atoms with van der Waals surface area (Å²) in [5.41, 5.74) is 4.28. The third-order valence-corrected chi connectivity index (χ3v) is 12.5. The maximum absolute atomic E-state index is 13.3. The summed E-state index contributed by atoms with van der Waals surface area (Å²) in [5, 5.41) is 1.58. The standard InChI is InChI=1S/C29H42NOPS/c1-29(2,3)33(31)30-28(23-15-7-4-8-16-23)26-21-13-14-22-27(26)32(24-17-9-5-10-18-24)25-19-11-6-12-20-25/h4,7-8,13-16,21-22,24-25,28,30H,5-6,9-12,17-20H2,1-3H3/t28-,33-/m1/s1. The first-order valence-corrected chi connectivity index (χ1v) is 15.7. The van der Waals surface area contributed by atoms with Gasteiger partial charge in [0.05, 0.1) is 21.8 Å². The molecule has 4 rings (SSSR count). The summed E-state index contributed by atoms with van der Waals surface area (Å²) in [7, 11) is -1.37. The van der Waals surface area contributed by atoms with Crippen LogP contribution in [0.25, 0.3) is 0 Å². The molecular weight excluding hydrogens is 441 g/mol. The zero-order chi connectivity index (χ0) is 23.3. The van der Waals surface area contributed by atoms with Crippen molar-refractivity contribution < 1.29 is 4.21 Å². The first kappa shape index (κ1) is 25.1. The van der Waals surface area contributed by atoms with Crippen LogP contribution in [0.1, 0.15) is 102 Å². The average molecular weight is 484 g/mol. The molecule has 2 atom stereocenters. The first-order valence-electron chi connectivity index (χ1n) is 13.1. The van der Waals surface area contributed by atoms with Crippen molar-refractivity contribution in [1.82, 2.24) is 4.72 Å². The monoisotopic (exact) mass is 483 g/mol. The van der Waals surface area contributed by atoms with Crippen molar-refractivity contribution >= 4 is 24.2 Å². The molecule has 0 unspecified atom stereocenters. The quantitative estimate of drug-likeness (QED) is 0.404. The van der Waals surface area contributed by atoms with Crippen molar-refractivity contribution in [2.75, 3.05) is 0 Å². The second-order valence-electron chi connectivity index (χ2n) is 10.9. The highest BCUT2D eigenvalue weighted by atomic mass is 32.2. The molecule has 33 heavy (non-hydrogen) atoms. The van der Waals surface area contributed by atoms with Crippen molar-refractivity contribution in [3.05, 3.63) is 65.7 Å². The third-order valence-electron chi connectivity index (χ3n) is 7.38. The van der Waals surface area contributed by atoms with Crippen LogP contribution in [-0.4, -0.2) is 20.3 Å². The van der Waals surface area contributed by atoms with Gasteiger partial charge in [-0.25, -0.2) is 8.93 Å². The Hall–Kier alpha value is -1.02. The molecule has 0 aromatic heterocycles. The molecule has 180 valence electrons. The largest absolute Gasteiger partial charge is 0.242 e. The molecule has 2 aliphatic carbocycles. The van der Waals surface area contributed by atoms with E-state index in [1.54, 1.807) is 5.30 Å². The number of rotatable bonds is 7. The van der Waals surface area contributed by atoms with E-state index in [2.05, 4.69) is 80.1 Å². The highest BCUT2D eigenvalue weighted by Gasteiger charge is 2.35. The van der Waals surface area contributed by atoms with E-state index < -0.39 is 11.0 Å². The summed E-state index contributed by atoms with van der Waals surface area (Å²) in [4.78, 5) is 0. The fraction of sp³-hybridized carbons (Fsp3) is 0.586. The average Bonchev–Trinajstić information content (AvgIpc) is 2.84. The van der Waals surface area contributed by atoms with Gasteiger partial charge in [-0.15, -0.1) is 0 Å². The van der Waals surface area contributed by atoms with Crippen LogP contribution in [0, 0.1) is 0 Å². The van der Waals surface area contributed by atoms with Gasteiger partial charge >= 0.3 is 0 Å². The summed E-state index contributed by atoms with van der Waals surface area (Å²) in [6.45, 7) is 6.17. The van der Waals surface area contributed by atoms with Crippen molar-refractivity contribution in [3.8, 4) is 0 Å². The van der Waals surface area contributed by atoms with Crippen molar-refractivity contribution in [1.29, 1.82) is 0 Å². The first-order chi connectivity index (χ1) is 15.9. The van der Waals surface area contributed by atoms with Crippen LogP contribution in [0.4, 0.5) is 0 Å². The molecule has 0 radical (unpaired) electrons. The molecule has 0 amide bonds. The lowest BCUT2D eigenvalue weighted by Crippen LogP contribution is -2.38. The molecule has 2 nitrogen and oxygen atoms in total. The summed E-state index contributed by atoms with van der Waals surface area (Å²) < 4.78 is 16.6. The van der Waals surface area contributed by atoms with E-state index in [0.717, 1.165) is 11.3 Å². The van der Waals surface area contributed by atoms with Crippen LogP contribution in [0.2, 0.25) is 0 Å². The van der Waals surface area contributed by atoms with Gasteiger partial charge in [0, 0.05) is 0 Å². The normalized spacial score (nSPS) is 20.6. The van der Waals surface area contributed by atoms with Crippen molar-refractivity contribution in [2.24, 2.45) is 0 Å². The smallest absolute Gasteiger partial charge is 0.0979 e. The number of hydrogen-bond donors (Lipinski definition) is 1. The Morgan fingerprint density at radius 1 is 0.788 bits per heavy atom. The van der Waals surface area contributed by atoms with Gasteiger partial charge in [0.25, 0.3) is 0 Å². The van der Waals surface area contributed by atoms with Gasteiger partial charge < -0.3 is 0 Å². The van der Waals surface area contributed by atoms with Crippen molar-refractivity contribution in [2.45, 2.75) is 107 Å². The Morgan fingerprint density at radius 2 is 1.30 bits per heavy atom. The molecule has 2 aromatic rings. The van der Waals surface area contributed by atoms with Gasteiger partial charge in [-0.3, -0.25) is 0 Å². The van der Waals surface area contributed by atoms with E-state index in [0.29, 0.717) is 0 Å². The predicted octanol–water partition coefficient (Wildman–Crippen LogP) is 7.60. The number of benzene rings is 2. The van der Waals surface area contributed by atoms with E-state index >= 15 is 0 Å². The highest BCUT2D eigenvalue weighted by Crippen LogP contribution is 2.56. The van der Waals surface area contributed by atoms with Gasteiger partial charge in [-0.2, -0.15) is 0 Å². The second-order valence-corrected chi connectivity index (χ2v) is 15.6. The Labute approximate surface area is 205 Å². The van der Waals surface area contributed by atoms with Crippen LogP contribution >= 0.6 is 7.92 Å². The van der Waals surface area contributed by atoms with E-state index in [1.165, 1.54) is 75.3 Å². The van der Waals surface area contributed by atoms with E-state index in [-0.39, 0.29) is 18.7 Å². The maximum atomic E-state index is 13.3. The van der Waals surface area contributed by atoms with E-state index in [9.17, 15) is 4.21 Å². The molecule has 2 aromatic carbocycles. The zero-order valence-electron chi connectivity index (χ0n) is 20.8.